The Kier molecular flexibility index (Phi) is 4.27. The summed E-state index contributed by atoms with van der Waals surface area (Å²) < 4.78 is 2.52. The number of carbonyl (C=O) groups is 1. The summed E-state index contributed by atoms with van der Waals surface area (Å²) in [5.41, 5.74) is 14.4. The van der Waals surface area contributed by atoms with E-state index in [2.05, 4.69) is 20.4 Å². The number of nitrogens with two attached hydrogens (primary N) is 2. The number of carbonyl (C=O) groups excluding carboxylic acids is 1. The van der Waals surface area contributed by atoms with Gasteiger partial charge in [0.2, 0.25) is 0 Å². The lowest BCUT2D eigenvalue weighted by Crippen LogP contribution is -2.13. The molecule has 0 radical (unpaired) electrons. The molecule has 8 nitrogen and oxygen atoms in total. The van der Waals surface area contributed by atoms with Gasteiger partial charge in [-0.15, -0.1) is 16.4 Å². The number of nitrogens with one attached hydrogen (secondary N) is 1. The molecule has 0 fully saturated rings. The molecule has 0 atom stereocenters. The minimum atomic E-state index is -0.666. The number of rotatable bonds is 4. The predicted octanol–water partition coefficient (Wildman–Crippen LogP) is 4.08. The summed E-state index contributed by atoms with van der Waals surface area (Å²) in [5.74, 6) is -0.152. The summed E-state index contributed by atoms with van der Waals surface area (Å²) in [4.78, 5) is 21.2. The minimum absolute atomic E-state index is 0.146. The zero-order valence-electron chi connectivity index (χ0n) is 15.3. The van der Waals surface area contributed by atoms with Crippen molar-refractivity contribution in [1.82, 2.24) is 19.6 Å². The molecule has 0 saturated carbocycles. The van der Waals surface area contributed by atoms with Crippen molar-refractivity contribution < 1.29 is 4.79 Å². The van der Waals surface area contributed by atoms with Crippen LogP contribution < -0.4 is 16.8 Å². The zero-order chi connectivity index (χ0) is 20.8. The van der Waals surface area contributed by atoms with Gasteiger partial charge >= 0.3 is 0 Å². The smallest absolute Gasteiger partial charge is 0.256 e. The Bertz CT molecular complexity index is 1390. The highest BCUT2D eigenvalue weighted by Crippen LogP contribution is 2.34. The SMILES string of the molecule is NC(=O)c1c(Nc2ccc(Cl)cc2)nn2cc(-c3nc4ccccc4s3)c(N)nc12. The quantitative estimate of drug-likeness (QED) is 0.390. The molecular formula is C20H14ClN7OS. The number of hydrogen-bond donors (Lipinski definition) is 3. The Morgan fingerprint density at radius 2 is 1.87 bits per heavy atom. The number of fused-ring (bicyclic) bond motifs is 2. The van der Waals surface area contributed by atoms with Crippen LogP contribution in [-0.4, -0.2) is 25.5 Å². The Morgan fingerprint density at radius 1 is 1.10 bits per heavy atom. The third-order valence-electron chi connectivity index (χ3n) is 4.52. The van der Waals surface area contributed by atoms with E-state index in [1.54, 1.807) is 30.5 Å². The van der Waals surface area contributed by atoms with Gasteiger partial charge in [0.25, 0.3) is 5.91 Å². The molecule has 3 heterocycles. The molecule has 1 amide bonds. The van der Waals surface area contributed by atoms with Gasteiger partial charge in [-0.1, -0.05) is 23.7 Å². The molecule has 0 aliphatic carbocycles. The van der Waals surface area contributed by atoms with Crippen LogP contribution in [0.3, 0.4) is 0 Å². The fraction of sp³-hybridized carbons (Fsp3) is 0. The van der Waals surface area contributed by atoms with Crippen molar-refractivity contribution in [2.75, 3.05) is 11.1 Å². The lowest BCUT2D eigenvalue weighted by molar-refractivity contribution is 0.100. The number of nitrogen functional groups attached to an aromatic ring is 1. The van der Waals surface area contributed by atoms with Gasteiger partial charge in [-0.25, -0.2) is 14.5 Å². The monoisotopic (exact) mass is 435 g/mol. The van der Waals surface area contributed by atoms with E-state index in [4.69, 9.17) is 23.1 Å². The number of aromatic nitrogens is 4. The van der Waals surface area contributed by atoms with Gasteiger partial charge in [-0.3, -0.25) is 4.79 Å². The first-order chi connectivity index (χ1) is 14.5. The van der Waals surface area contributed by atoms with Gasteiger partial charge in [0.1, 0.15) is 16.4 Å². The van der Waals surface area contributed by atoms with Crippen LogP contribution in [-0.2, 0) is 0 Å². The molecular weight excluding hydrogens is 422 g/mol. The van der Waals surface area contributed by atoms with E-state index < -0.39 is 5.91 Å². The first-order valence-electron chi connectivity index (χ1n) is 8.87. The van der Waals surface area contributed by atoms with Crippen molar-refractivity contribution in [2.45, 2.75) is 0 Å². The van der Waals surface area contributed by atoms with Crippen molar-refractivity contribution in [3.63, 3.8) is 0 Å². The highest BCUT2D eigenvalue weighted by Gasteiger charge is 2.22. The molecule has 3 aromatic heterocycles. The van der Waals surface area contributed by atoms with Crippen molar-refractivity contribution in [3.8, 4) is 10.6 Å². The van der Waals surface area contributed by atoms with Crippen LogP contribution in [0.15, 0.2) is 54.7 Å². The molecule has 148 valence electrons. The lowest BCUT2D eigenvalue weighted by Gasteiger charge is -2.04. The third kappa shape index (κ3) is 3.10. The summed E-state index contributed by atoms with van der Waals surface area (Å²) in [6.07, 6.45) is 1.70. The largest absolute Gasteiger partial charge is 0.383 e. The number of halogens is 1. The molecule has 2 aromatic carbocycles. The topological polar surface area (TPSA) is 124 Å². The number of primary amides is 1. The summed E-state index contributed by atoms with van der Waals surface area (Å²) in [5, 5.41) is 8.86. The first kappa shape index (κ1) is 18.3. The number of para-hydroxylation sites is 1. The molecule has 5 N–H and O–H groups in total. The van der Waals surface area contributed by atoms with Gasteiger partial charge in [-0.05, 0) is 36.4 Å². The number of hydrogen-bond acceptors (Lipinski definition) is 7. The second kappa shape index (κ2) is 6.97. The second-order valence-electron chi connectivity index (χ2n) is 6.51. The van der Waals surface area contributed by atoms with Gasteiger partial charge in [0, 0.05) is 16.9 Å². The summed E-state index contributed by atoms with van der Waals surface area (Å²) in [6.45, 7) is 0. The fourth-order valence-electron chi connectivity index (χ4n) is 3.12. The Hall–Kier alpha value is -3.69. The Labute approximate surface area is 179 Å². The van der Waals surface area contributed by atoms with E-state index in [0.717, 1.165) is 10.2 Å². The van der Waals surface area contributed by atoms with Crippen LogP contribution in [0.25, 0.3) is 26.4 Å². The summed E-state index contributed by atoms with van der Waals surface area (Å²) in [6, 6.07) is 14.8. The maximum atomic E-state index is 12.1. The molecule has 10 heteroatoms. The average Bonchev–Trinajstić information content (AvgIpc) is 3.29. The van der Waals surface area contributed by atoms with Crippen LogP contribution in [0, 0.1) is 0 Å². The molecule has 0 aliphatic rings. The molecule has 0 spiro atoms. The van der Waals surface area contributed by atoms with Gasteiger partial charge in [0.15, 0.2) is 11.5 Å². The van der Waals surface area contributed by atoms with Gasteiger partial charge < -0.3 is 16.8 Å². The number of benzene rings is 2. The third-order valence-corrected chi connectivity index (χ3v) is 5.84. The number of anilines is 3. The maximum absolute atomic E-state index is 12.1. The lowest BCUT2D eigenvalue weighted by atomic mass is 10.2. The van der Waals surface area contributed by atoms with Crippen molar-refractivity contribution in [2.24, 2.45) is 5.73 Å². The zero-order valence-corrected chi connectivity index (χ0v) is 16.9. The van der Waals surface area contributed by atoms with E-state index in [1.165, 1.54) is 15.9 Å². The van der Waals surface area contributed by atoms with Crippen LogP contribution >= 0.6 is 22.9 Å². The predicted molar refractivity (Wildman–Crippen MR) is 119 cm³/mol. The Morgan fingerprint density at radius 3 is 2.60 bits per heavy atom. The van der Waals surface area contributed by atoms with Crippen molar-refractivity contribution in [1.29, 1.82) is 0 Å². The fourth-order valence-corrected chi connectivity index (χ4v) is 4.23. The first-order valence-corrected chi connectivity index (χ1v) is 10.1. The van der Waals surface area contributed by atoms with Crippen LogP contribution in [0.2, 0.25) is 5.02 Å². The van der Waals surface area contributed by atoms with E-state index in [1.807, 2.05) is 24.3 Å². The number of amides is 1. The average molecular weight is 436 g/mol. The second-order valence-corrected chi connectivity index (χ2v) is 7.98. The summed E-state index contributed by atoms with van der Waals surface area (Å²) in [7, 11) is 0. The highest BCUT2D eigenvalue weighted by molar-refractivity contribution is 7.21. The summed E-state index contributed by atoms with van der Waals surface area (Å²) >= 11 is 7.43. The van der Waals surface area contributed by atoms with E-state index in [-0.39, 0.29) is 22.8 Å². The highest BCUT2D eigenvalue weighted by atomic mass is 35.5. The van der Waals surface area contributed by atoms with Crippen LogP contribution in [0.1, 0.15) is 10.4 Å². The van der Waals surface area contributed by atoms with Gasteiger partial charge in [-0.2, -0.15) is 0 Å². The van der Waals surface area contributed by atoms with E-state index in [9.17, 15) is 4.79 Å². The van der Waals surface area contributed by atoms with Crippen LogP contribution in [0.4, 0.5) is 17.3 Å². The molecule has 5 rings (SSSR count). The van der Waals surface area contributed by atoms with E-state index in [0.29, 0.717) is 21.3 Å². The van der Waals surface area contributed by atoms with E-state index >= 15 is 0 Å². The normalized spacial score (nSPS) is 11.2. The number of nitrogens with zero attached hydrogens (tertiary/aromatic N) is 4. The molecule has 0 bridgehead atoms. The number of thiazole rings is 1. The minimum Gasteiger partial charge on any atom is -0.383 e. The molecule has 5 aromatic rings. The standard InChI is InChI=1S/C20H14ClN7OS/c21-10-5-7-11(8-6-10)24-18-15(17(23)29)19-26-16(22)12(9-28(19)27-18)20-25-13-3-1-2-4-14(13)30-20/h1-9H,(H2,22,26)(H2,23,29)(H,24,27). The molecule has 0 saturated heterocycles. The van der Waals surface area contributed by atoms with Crippen LogP contribution in [0.5, 0.6) is 0 Å². The molecule has 0 unspecified atom stereocenters. The van der Waals surface area contributed by atoms with Crippen molar-refractivity contribution in [3.05, 3.63) is 65.3 Å². The van der Waals surface area contributed by atoms with Gasteiger partial charge in [0.05, 0.1) is 15.8 Å². The molecule has 30 heavy (non-hydrogen) atoms. The van der Waals surface area contributed by atoms with Crippen molar-refractivity contribution >= 4 is 62.0 Å². The maximum Gasteiger partial charge on any atom is 0.256 e. The molecule has 0 aliphatic heterocycles. The Balaban J connectivity index is 1.65.